The lowest BCUT2D eigenvalue weighted by molar-refractivity contribution is -0.117. The van der Waals surface area contributed by atoms with Crippen molar-refractivity contribution in [1.82, 2.24) is 25.1 Å². The number of benzene rings is 3. The van der Waals surface area contributed by atoms with Crippen LogP contribution in [0.2, 0.25) is 0 Å². The van der Waals surface area contributed by atoms with Gasteiger partial charge in [0.05, 0.1) is 28.4 Å². The summed E-state index contributed by atoms with van der Waals surface area (Å²) in [6.45, 7) is 0. The molecule has 1 aliphatic rings. The van der Waals surface area contributed by atoms with Gasteiger partial charge in [-0.25, -0.2) is 9.37 Å². The molecule has 1 amide bonds. The molecule has 1 saturated carbocycles. The molecule has 1 fully saturated rings. The molecule has 0 saturated heterocycles. The van der Waals surface area contributed by atoms with Gasteiger partial charge in [-0.05, 0) is 48.7 Å². The van der Waals surface area contributed by atoms with Crippen LogP contribution in [0.15, 0.2) is 79.1 Å². The van der Waals surface area contributed by atoms with Crippen molar-refractivity contribution in [2.24, 2.45) is 5.92 Å². The highest BCUT2D eigenvalue weighted by atomic mass is 19.1. The molecule has 0 atom stereocenters. The number of nitrogens with zero attached hydrogens (tertiary/aromatic N) is 3. The summed E-state index contributed by atoms with van der Waals surface area (Å²) in [6, 6.07) is 20.3. The van der Waals surface area contributed by atoms with Crippen LogP contribution in [0, 0.1) is 11.7 Å². The molecule has 0 spiro atoms. The predicted molar refractivity (Wildman–Crippen MR) is 141 cm³/mol. The lowest BCUT2D eigenvalue weighted by Gasteiger charge is -2.07. The van der Waals surface area contributed by atoms with Crippen molar-refractivity contribution in [2.45, 2.75) is 12.8 Å². The highest BCUT2D eigenvalue weighted by Gasteiger charge is 2.29. The average Bonchev–Trinajstić information content (AvgIpc) is 3.55. The third-order valence-electron chi connectivity index (χ3n) is 6.75. The SMILES string of the molecule is O=C(Nc1cncc(-c2ccc3[nH]nc(-c4nc5c(-c6ccccc6F)cccc5[nH]4)c3c2)c1)C1CC1. The quantitative estimate of drug-likeness (QED) is 0.264. The second-order valence-corrected chi connectivity index (χ2v) is 9.33. The zero-order valence-corrected chi connectivity index (χ0v) is 19.6. The summed E-state index contributed by atoms with van der Waals surface area (Å²) in [6.07, 6.45) is 5.33. The Bertz CT molecular complexity index is 1820. The molecule has 8 heteroatoms. The van der Waals surface area contributed by atoms with Gasteiger partial charge in [0.2, 0.25) is 5.91 Å². The molecule has 0 radical (unpaired) electrons. The van der Waals surface area contributed by atoms with Crippen molar-refractivity contribution in [3.63, 3.8) is 0 Å². The van der Waals surface area contributed by atoms with E-state index in [2.05, 4.69) is 25.5 Å². The van der Waals surface area contributed by atoms with E-state index >= 15 is 0 Å². The lowest BCUT2D eigenvalue weighted by Crippen LogP contribution is -2.13. The number of H-pyrrole nitrogens is 2. The third kappa shape index (κ3) is 3.83. The van der Waals surface area contributed by atoms with E-state index in [0.29, 0.717) is 28.3 Å². The van der Waals surface area contributed by atoms with Crippen LogP contribution in [0.1, 0.15) is 12.8 Å². The minimum Gasteiger partial charge on any atom is -0.337 e. The monoisotopic (exact) mass is 488 g/mol. The van der Waals surface area contributed by atoms with E-state index in [-0.39, 0.29) is 17.6 Å². The fraction of sp³-hybridized carbons (Fsp3) is 0.103. The number of carbonyl (C=O) groups excluding carboxylic acids is 1. The minimum atomic E-state index is -0.293. The molecule has 3 N–H and O–H groups in total. The first-order valence-electron chi connectivity index (χ1n) is 12.1. The van der Waals surface area contributed by atoms with E-state index in [1.54, 1.807) is 24.5 Å². The van der Waals surface area contributed by atoms with Crippen LogP contribution in [-0.4, -0.2) is 31.1 Å². The van der Waals surface area contributed by atoms with E-state index in [9.17, 15) is 9.18 Å². The Morgan fingerprint density at radius 3 is 2.65 bits per heavy atom. The first-order chi connectivity index (χ1) is 18.1. The van der Waals surface area contributed by atoms with Gasteiger partial charge < -0.3 is 10.3 Å². The number of rotatable bonds is 5. The number of halogens is 1. The van der Waals surface area contributed by atoms with Gasteiger partial charge in [-0.3, -0.25) is 14.9 Å². The highest BCUT2D eigenvalue weighted by Crippen LogP contribution is 2.34. The Morgan fingerprint density at radius 1 is 0.919 bits per heavy atom. The number of pyridine rings is 1. The van der Waals surface area contributed by atoms with Gasteiger partial charge in [0, 0.05) is 34.2 Å². The topological polar surface area (TPSA) is 99.3 Å². The average molecular weight is 489 g/mol. The third-order valence-corrected chi connectivity index (χ3v) is 6.75. The zero-order chi connectivity index (χ0) is 24.9. The molecule has 7 nitrogen and oxygen atoms in total. The van der Waals surface area contributed by atoms with Crippen LogP contribution < -0.4 is 5.32 Å². The Hall–Kier alpha value is -4.85. The molecule has 3 aromatic heterocycles. The van der Waals surface area contributed by atoms with E-state index in [0.717, 1.165) is 46.0 Å². The number of aromatic nitrogens is 5. The first-order valence-corrected chi connectivity index (χ1v) is 12.1. The Balaban J connectivity index is 1.29. The molecule has 1 aliphatic carbocycles. The number of carbonyl (C=O) groups is 1. The molecular weight excluding hydrogens is 467 g/mol. The lowest BCUT2D eigenvalue weighted by atomic mass is 10.0. The van der Waals surface area contributed by atoms with Crippen molar-refractivity contribution in [2.75, 3.05) is 5.32 Å². The summed E-state index contributed by atoms with van der Waals surface area (Å²) in [4.78, 5) is 24.7. The van der Waals surface area contributed by atoms with E-state index in [1.165, 1.54) is 6.07 Å². The van der Waals surface area contributed by atoms with Crippen LogP contribution >= 0.6 is 0 Å². The van der Waals surface area contributed by atoms with Gasteiger partial charge in [-0.15, -0.1) is 0 Å². The number of hydrogen-bond acceptors (Lipinski definition) is 4. The molecule has 37 heavy (non-hydrogen) atoms. The summed E-state index contributed by atoms with van der Waals surface area (Å²) in [5.74, 6) is 0.465. The number of imidazole rings is 1. The Morgan fingerprint density at radius 2 is 1.78 bits per heavy atom. The molecule has 0 aliphatic heterocycles. The Labute approximate surface area is 210 Å². The normalized spacial score (nSPS) is 13.3. The van der Waals surface area contributed by atoms with Gasteiger partial charge in [0.1, 0.15) is 11.5 Å². The van der Waals surface area contributed by atoms with Crippen molar-refractivity contribution in [1.29, 1.82) is 0 Å². The maximum absolute atomic E-state index is 14.6. The number of amides is 1. The summed E-state index contributed by atoms with van der Waals surface area (Å²) >= 11 is 0. The fourth-order valence-electron chi connectivity index (χ4n) is 4.67. The second kappa shape index (κ2) is 8.37. The summed E-state index contributed by atoms with van der Waals surface area (Å²) < 4.78 is 14.6. The summed E-state index contributed by atoms with van der Waals surface area (Å²) in [5.41, 5.74) is 6.72. The second-order valence-electron chi connectivity index (χ2n) is 9.33. The zero-order valence-electron chi connectivity index (χ0n) is 19.6. The van der Waals surface area contributed by atoms with Gasteiger partial charge >= 0.3 is 0 Å². The number of nitrogens with one attached hydrogen (secondary N) is 3. The van der Waals surface area contributed by atoms with Gasteiger partial charge in [-0.1, -0.05) is 36.4 Å². The maximum atomic E-state index is 14.6. The molecule has 6 aromatic rings. The van der Waals surface area contributed by atoms with E-state index in [4.69, 9.17) is 4.98 Å². The largest absolute Gasteiger partial charge is 0.337 e. The van der Waals surface area contributed by atoms with Crippen molar-refractivity contribution in [3.05, 3.63) is 84.9 Å². The molecule has 0 bridgehead atoms. The molecular formula is C29H21FN6O. The van der Waals surface area contributed by atoms with Crippen LogP contribution in [0.4, 0.5) is 10.1 Å². The van der Waals surface area contributed by atoms with E-state index in [1.807, 2.05) is 48.5 Å². The molecule has 3 heterocycles. The van der Waals surface area contributed by atoms with Crippen LogP contribution in [-0.2, 0) is 4.79 Å². The van der Waals surface area contributed by atoms with Gasteiger partial charge in [-0.2, -0.15) is 5.10 Å². The van der Waals surface area contributed by atoms with Crippen molar-refractivity contribution < 1.29 is 9.18 Å². The molecule has 0 unspecified atom stereocenters. The summed E-state index contributed by atoms with van der Waals surface area (Å²) in [5, 5.41) is 11.5. The number of anilines is 1. The molecule has 3 aromatic carbocycles. The van der Waals surface area contributed by atoms with Crippen molar-refractivity contribution >= 4 is 33.5 Å². The predicted octanol–water partition coefficient (Wildman–Crippen LogP) is 6.32. The fourth-order valence-corrected chi connectivity index (χ4v) is 4.67. The maximum Gasteiger partial charge on any atom is 0.227 e. The van der Waals surface area contributed by atoms with Gasteiger partial charge in [0.15, 0.2) is 5.82 Å². The van der Waals surface area contributed by atoms with Crippen LogP contribution in [0.25, 0.3) is 55.7 Å². The van der Waals surface area contributed by atoms with Crippen LogP contribution in [0.5, 0.6) is 0 Å². The Kier molecular flexibility index (Phi) is 4.85. The van der Waals surface area contributed by atoms with Crippen LogP contribution in [0.3, 0.4) is 0 Å². The highest BCUT2D eigenvalue weighted by molar-refractivity contribution is 5.99. The number of para-hydroxylation sites is 1. The van der Waals surface area contributed by atoms with Crippen molar-refractivity contribution in [3.8, 4) is 33.8 Å². The molecule has 7 rings (SSSR count). The number of aromatic amines is 2. The van der Waals surface area contributed by atoms with Gasteiger partial charge in [0.25, 0.3) is 0 Å². The number of hydrogen-bond donors (Lipinski definition) is 3. The standard InChI is InChI=1S/C29H21FN6O/c30-23-6-2-1-4-20(23)21-5-3-7-25-26(21)34-28(33-25)27-22-13-17(10-11-24(22)35-36-27)18-12-19(15-31-14-18)32-29(37)16-8-9-16/h1-7,10-16H,8-9H2,(H,32,37)(H,33,34)(H,35,36). The first kappa shape index (κ1) is 21.4. The molecule has 180 valence electrons. The summed E-state index contributed by atoms with van der Waals surface area (Å²) in [7, 11) is 0. The number of fused-ring (bicyclic) bond motifs is 2. The minimum absolute atomic E-state index is 0.0474. The smallest absolute Gasteiger partial charge is 0.227 e. The van der Waals surface area contributed by atoms with E-state index < -0.39 is 0 Å².